The summed E-state index contributed by atoms with van der Waals surface area (Å²) in [5.74, 6) is -0.754. The van der Waals surface area contributed by atoms with Crippen LogP contribution in [0.4, 0.5) is 5.69 Å². The van der Waals surface area contributed by atoms with Crippen LogP contribution < -0.4 is 5.32 Å². The molecule has 2 heterocycles. The predicted octanol–water partition coefficient (Wildman–Crippen LogP) is 2.69. The molecule has 2 aliphatic rings. The number of aromatic hydroxyl groups is 1. The maximum absolute atomic E-state index is 12.9. The van der Waals surface area contributed by atoms with E-state index in [9.17, 15) is 23.1 Å². The first-order valence-corrected chi connectivity index (χ1v) is 12.7. The van der Waals surface area contributed by atoms with E-state index >= 15 is 0 Å². The van der Waals surface area contributed by atoms with Crippen LogP contribution in [0.5, 0.6) is 5.75 Å². The average molecular weight is 496 g/mol. The second-order valence-electron chi connectivity index (χ2n) is 7.70. The number of carbonyl (C=O) groups excluding carboxylic acids is 2. The first-order valence-electron chi connectivity index (χ1n) is 10.00. The number of aryl methyl sites for hydroxylation is 1. The van der Waals surface area contributed by atoms with Gasteiger partial charge in [0.05, 0.1) is 10.9 Å². The number of thioether (sulfide) groups is 1. The monoisotopic (exact) mass is 495 g/mol. The van der Waals surface area contributed by atoms with Crippen molar-refractivity contribution in [3.05, 3.63) is 47.0 Å². The van der Waals surface area contributed by atoms with Gasteiger partial charge in [0.25, 0.3) is 0 Å². The molecule has 0 aromatic heterocycles. The van der Waals surface area contributed by atoms with Crippen LogP contribution >= 0.6 is 23.4 Å². The number of carbonyl (C=O) groups is 2. The molecule has 0 saturated carbocycles. The van der Waals surface area contributed by atoms with E-state index in [-0.39, 0.29) is 55.1 Å². The summed E-state index contributed by atoms with van der Waals surface area (Å²) in [5, 5.41) is 12.8. The summed E-state index contributed by atoms with van der Waals surface area (Å²) in [6.07, 6.45) is 0.0178. The van der Waals surface area contributed by atoms with Gasteiger partial charge in [-0.15, -0.1) is 11.8 Å². The topological polar surface area (TPSA) is 107 Å². The standard InChI is InChI=1S/C21H22ClN3O5S2/c1-13-2-4-16(26)19(10-13)32(29,30)25-8-6-24(7-9-25)20(27)12-18-21(28)23-15-11-14(22)3-5-17(15)31-18/h2-5,10-11,18,26H,6-9,12H2,1H3,(H,23,28). The normalized spacial score (nSPS) is 19.4. The van der Waals surface area contributed by atoms with Gasteiger partial charge in [-0.25, -0.2) is 8.42 Å². The van der Waals surface area contributed by atoms with Gasteiger partial charge in [0, 0.05) is 42.5 Å². The first-order chi connectivity index (χ1) is 15.1. The second kappa shape index (κ2) is 8.93. The number of anilines is 1. The zero-order chi connectivity index (χ0) is 23.0. The summed E-state index contributed by atoms with van der Waals surface area (Å²) in [7, 11) is -3.87. The Kier molecular flexibility index (Phi) is 6.39. The number of rotatable bonds is 4. The highest BCUT2D eigenvalue weighted by molar-refractivity contribution is 8.01. The van der Waals surface area contributed by atoms with Gasteiger partial charge < -0.3 is 15.3 Å². The van der Waals surface area contributed by atoms with Crippen molar-refractivity contribution < 1.29 is 23.1 Å². The Bertz CT molecular complexity index is 1180. The van der Waals surface area contributed by atoms with Gasteiger partial charge >= 0.3 is 0 Å². The van der Waals surface area contributed by atoms with Crippen molar-refractivity contribution in [3.8, 4) is 5.75 Å². The highest BCUT2D eigenvalue weighted by Gasteiger charge is 2.34. The Labute approximate surface area is 195 Å². The summed E-state index contributed by atoms with van der Waals surface area (Å²) in [4.78, 5) is 27.5. The molecule has 11 heteroatoms. The number of amides is 2. The summed E-state index contributed by atoms with van der Waals surface area (Å²) < 4.78 is 27.1. The van der Waals surface area contributed by atoms with Crippen LogP contribution in [0.2, 0.25) is 5.02 Å². The minimum atomic E-state index is -3.87. The molecule has 1 atom stereocenters. The Morgan fingerprint density at radius 2 is 1.91 bits per heavy atom. The molecule has 0 spiro atoms. The molecule has 1 unspecified atom stereocenters. The van der Waals surface area contributed by atoms with Crippen LogP contribution in [0.1, 0.15) is 12.0 Å². The van der Waals surface area contributed by atoms with Crippen molar-refractivity contribution in [1.82, 2.24) is 9.21 Å². The molecule has 1 fully saturated rings. The van der Waals surface area contributed by atoms with Crippen molar-refractivity contribution in [2.24, 2.45) is 0 Å². The number of nitrogens with one attached hydrogen (secondary N) is 1. The van der Waals surface area contributed by atoms with Crippen LogP contribution in [0.15, 0.2) is 46.2 Å². The zero-order valence-corrected chi connectivity index (χ0v) is 19.6. The predicted molar refractivity (Wildman–Crippen MR) is 123 cm³/mol. The van der Waals surface area contributed by atoms with Crippen molar-refractivity contribution in [3.63, 3.8) is 0 Å². The van der Waals surface area contributed by atoms with E-state index < -0.39 is 15.3 Å². The van der Waals surface area contributed by atoms with Crippen LogP contribution in [0, 0.1) is 6.92 Å². The number of hydrogen-bond donors (Lipinski definition) is 2. The van der Waals surface area contributed by atoms with Crippen LogP contribution in [-0.4, -0.2) is 66.0 Å². The Morgan fingerprint density at radius 1 is 1.19 bits per heavy atom. The van der Waals surface area contributed by atoms with Crippen LogP contribution in [0.3, 0.4) is 0 Å². The summed E-state index contributed by atoms with van der Waals surface area (Å²) >= 11 is 7.28. The molecule has 32 heavy (non-hydrogen) atoms. The van der Waals surface area contributed by atoms with Gasteiger partial charge in [0.1, 0.15) is 10.6 Å². The SMILES string of the molecule is Cc1ccc(O)c(S(=O)(=O)N2CCN(C(=O)CC3Sc4ccc(Cl)cc4NC3=O)CC2)c1. The van der Waals surface area contributed by atoms with E-state index in [0.717, 1.165) is 10.5 Å². The van der Waals surface area contributed by atoms with Gasteiger partial charge in [-0.1, -0.05) is 17.7 Å². The molecule has 2 aromatic carbocycles. The van der Waals surface area contributed by atoms with Crippen molar-refractivity contribution in [2.45, 2.75) is 28.4 Å². The largest absolute Gasteiger partial charge is 0.507 e. The minimum absolute atomic E-state index is 0.0178. The number of halogens is 1. The molecule has 8 nitrogen and oxygen atoms in total. The van der Waals surface area contributed by atoms with Gasteiger partial charge in [-0.05, 0) is 42.8 Å². The number of nitrogens with zero attached hydrogens (tertiary/aromatic N) is 2. The molecule has 2 amide bonds. The molecule has 0 aliphatic carbocycles. The minimum Gasteiger partial charge on any atom is -0.507 e. The van der Waals surface area contributed by atoms with Crippen molar-refractivity contribution >= 4 is 50.9 Å². The highest BCUT2D eigenvalue weighted by atomic mass is 35.5. The molecule has 4 rings (SSSR count). The summed E-state index contributed by atoms with van der Waals surface area (Å²) in [6, 6.07) is 9.65. The van der Waals surface area contributed by atoms with Gasteiger partial charge in [-0.2, -0.15) is 4.31 Å². The van der Waals surface area contributed by atoms with E-state index in [1.54, 1.807) is 30.0 Å². The third-order valence-electron chi connectivity index (χ3n) is 5.45. The van der Waals surface area contributed by atoms with Crippen molar-refractivity contribution in [1.29, 1.82) is 0 Å². The quantitative estimate of drug-likeness (QED) is 0.675. The van der Waals surface area contributed by atoms with E-state index in [0.29, 0.717) is 10.7 Å². The molecule has 1 saturated heterocycles. The Balaban J connectivity index is 1.38. The number of piperazine rings is 1. The Hall–Kier alpha value is -2.27. The van der Waals surface area contributed by atoms with Crippen molar-refractivity contribution in [2.75, 3.05) is 31.5 Å². The lowest BCUT2D eigenvalue weighted by atomic mass is 10.2. The molecular formula is C21H22ClN3O5S2. The number of phenols is 1. The number of benzene rings is 2. The smallest absolute Gasteiger partial charge is 0.246 e. The molecule has 0 radical (unpaired) electrons. The van der Waals surface area contributed by atoms with E-state index in [1.807, 2.05) is 6.07 Å². The molecule has 0 bridgehead atoms. The fourth-order valence-electron chi connectivity index (χ4n) is 3.69. The van der Waals surface area contributed by atoms with Crippen LogP contribution in [0.25, 0.3) is 0 Å². The Morgan fingerprint density at radius 3 is 2.62 bits per heavy atom. The number of sulfonamides is 1. The fourth-order valence-corrected chi connectivity index (χ4v) is 6.53. The van der Waals surface area contributed by atoms with Gasteiger partial charge in [0.15, 0.2) is 0 Å². The third kappa shape index (κ3) is 4.59. The lowest BCUT2D eigenvalue weighted by molar-refractivity contribution is -0.133. The second-order valence-corrected chi connectivity index (χ2v) is 11.3. The van der Waals surface area contributed by atoms with Gasteiger partial charge in [-0.3, -0.25) is 9.59 Å². The molecule has 2 aliphatic heterocycles. The number of fused-ring (bicyclic) bond motifs is 1. The maximum atomic E-state index is 12.9. The molecule has 170 valence electrons. The highest BCUT2D eigenvalue weighted by Crippen LogP contribution is 2.38. The number of phenolic OH excluding ortho intramolecular Hbond substituents is 1. The summed E-state index contributed by atoms with van der Waals surface area (Å²) in [5.41, 5.74) is 1.36. The fraction of sp³-hybridized carbons (Fsp3) is 0.333. The molecular weight excluding hydrogens is 474 g/mol. The van der Waals surface area contributed by atoms with E-state index in [4.69, 9.17) is 11.6 Å². The third-order valence-corrected chi connectivity index (χ3v) is 8.88. The maximum Gasteiger partial charge on any atom is 0.246 e. The molecule has 2 aromatic rings. The van der Waals surface area contributed by atoms with Gasteiger partial charge in [0.2, 0.25) is 21.8 Å². The lowest BCUT2D eigenvalue weighted by Crippen LogP contribution is -2.51. The first kappa shape index (κ1) is 22.9. The number of hydrogen-bond acceptors (Lipinski definition) is 6. The average Bonchev–Trinajstić information content (AvgIpc) is 2.76. The molecule has 2 N–H and O–H groups in total. The van der Waals surface area contributed by atoms with Crippen LogP contribution in [-0.2, 0) is 19.6 Å². The van der Waals surface area contributed by atoms with E-state index in [1.165, 1.54) is 28.2 Å². The lowest BCUT2D eigenvalue weighted by Gasteiger charge is -2.35. The zero-order valence-electron chi connectivity index (χ0n) is 17.2. The van der Waals surface area contributed by atoms with E-state index in [2.05, 4.69) is 5.32 Å². The summed E-state index contributed by atoms with van der Waals surface area (Å²) in [6.45, 7) is 2.42.